The smallest absolute Gasteiger partial charge is 0.137 e. The topological polar surface area (TPSA) is 102 Å². The Morgan fingerprint density at radius 2 is 0.500 bits per heavy atom. The summed E-state index contributed by atoms with van der Waals surface area (Å²) < 4.78 is 0. The van der Waals surface area contributed by atoms with Crippen LogP contribution in [0.25, 0.3) is 0 Å². The third-order valence-corrected chi connectivity index (χ3v) is 1.49. The molecule has 0 N–H and O–H groups in total. The van der Waals surface area contributed by atoms with Crippen LogP contribution in [-0.2, 0) is 28.8 Å². The molecule has 0 saturated heterocycles. The molecule has 0 aliphatic heterocycles. The van der Waals surface area contributed by atoms with Crippen LogP contribution >= 0.6 is 0 Å². The SMILES string of the molecule is CC(=O)CC(C)=O.CC(=O)CC(C)=O.CC(=O)CC(C)=O.[B]. The fourth-order valence-corrected chi connectivity index (χ4v) is 1.05. The van der Waals surface area contributed by atoms with Crippen LogP contribution in [0.4, 0.5) is 0 Å². The van der Waals surface area contributed by atoms with Gasteiger partial charge in [0.2, 0.25) is 0 Å². The van der Waals surface area contributed by atoms with Gasteiger partial charge in [0.05, 0.1) is 19.3 Å². The first kappa shape index (κ1) is 28.3. The van der Waals surface area contributed by atoms with Crippen LogP contribution < -0.4 is 0 Å². The third kappa shape index (κ3) is 51.9. The van der Waals surface area contributed by atoms with E-state index in [0.29, 0.717) is 0 Å². The highest BCUT2D eigenvalue weighted by Gasteiger charge is 1.95. The highest BCUT2D eigenvalue weighted by Crippen LogP contribution is 1.81. The van der Waals surface area contributed by atoms with E-state index in [9.17, 15) is 28.8 Å². The zero-order valence-electron chi connectivity index (χ0n) is 14.1. The Morgan fingerprint density at radius 3 is 0.500 bits per heavy atom. The molecular formula is C15H24BO6. The lowest BCUT2D eigenvalue weighted by molar-refractivity contribution is -0.126. The molecule has 0 fully saturated rings. The molecule has 0 aliphatic carbocycles. The fraction of sp³-hybridized carbons (Fsp3) is 0.600. The van der Waals surface area contributed by atoms with E-state index in [1.165, 1.54) is 41.5 Å². The van der Waals surface area contributed by atoms with Crippen LogP contribution in [0.2, 0.25) is 0 Å². The van der Waals surface area contributed by atoms with Crippen LogP contribution in [0.1, 0.15) is 60.8 Å². The predicted octanol–water partition coefficient (Wildman–Crippen LogP) is 1.28. The molecule has 0 aromatic heterocycles. The highest BCUT2D eigenvalue weighted by atomic mass is 16.2. The Kier molecular flexibility index (Phi) is 22.0. The summed E-state index contributed by atoms with van der Waals surface area (Å²) in [5.41, 5.74) is 0. The van der Waals surface area contributed by atoms with Gasteiger partial charge in [-0.2, -0.15) is 0 Å². The molecule has 0 atom stereocenters. The van der Waals surface area contributed by atoms with Gasteiger partial charge in [-0.05, 0) is 41.5 Å². The molecule has 0 aliphatic rings. The fourth-order valence-electron chi connectivity index (χ4n) is 1.05. The van der Waals surface area contributed by atoms with Crippen LogP contribution in [0.15, 0.2) is 0 Å². The summed E-state index contributed by atoms with van der Waals surface area (Å²) in [4.78, 5) is 60.2. The normalized spacial score (nSPS) is 7.91. The van der Waals surface area contributed by atoms with Crippen LogP contribution in [0.5, 0.6) is 0 Å². The maximum absolute atomic E-state index is 10.0. The molecule has 0 saturated carbocycles. The quantitative estimate of drug-likeness (QED) is 0.541. The lowest BCUT2D eigenvalue weighted by Crippen LogP contribution is -1.97. The second kappa shape index (κ2) is 17.1. The molecule has 0 spiro atoms. The van der Waals surface area contributed by atoms with E-state index in [4.69, 9.17) is 0 Å². The molecule has 123 valence electrons. The van der Waals surface area contributed by atoms with Crippen LogP contribution in [0.3, 0.4) is 0 Å². The first-order valence-electron chi connectivity index (χ1n) is 6.35. The van der Waals surface area contributed by atoms with Crippen LogP contribution in [-0.4, -0.2) is 43.1 Å². The predicted molar refractivity (Wildman–Crippen MR) is 83.7 cm³/mol. The Morgan fingerprint density at radius 1 is 0.409 bits per heavy atom. The van der Waals surface area contributed by atoms with Gasteiger partial charge in [-0.25, -0.2) is 0 Å². The molecule has 0 amide bonds. The Hall–Kier alpha value is -1.92. The minimum absolute atomic E-state index is 0. The van der Waals surface area contributed by atoms with Crippen molar-refractivity contribution in [2.24, 2.45) is 0 Å². The molecular weight excluding hydrogens is 287 g/mol. The molecule has 0 aromatic rings. The van der Waals surface area contributed by atoms with Gasteiger partial charge in [-0.3, -0.25) is 28.8 Å². The molecule has 0 aromatic carbocycles. The van der Waals surface area contributed by atoms with Gasteiger partial charge in [0, 0.05) is 8.41 Å². The van der Waals surface area contributed by atoms with Crippen molar-refractivity contribution < 1.29 is 28.8 Å². The molecule has 0 rings (SSSR count). The molecule has 0 heterocycles. The molecule has 0 unspecified atom stereocenters. The minimum atomic E-state index is -0.0625. The van der Waals surface area contributed by atoms with Gasteiger partial charge in [0.1, 0.15) is 34.7 Å². The second-order valence-electron chi connectivity index (χ2n) is 4.74. The van der Waals surface area contributed by atoms with Crippen molar-refractivity contribution in [2.75, 3.05) is 0 Å². The van der Waals surface area contributed by atoms with Crippen molar-refractivity contribution in [3.8, 4) is 0 Å². The number of Topliss-reactive ketones (excluding diaryl/α,β-unsaturated/α-hetero) is 6. The Labute approximate surface area is 133 Å². The zero-order valence-corrected chi connectivity index (χ0v) is 14.1. The standard InChI is InChI=1S/3C5H8O2.B/c3*1-4(6)3-5(2)7;/h3*3H2,1-2H3;. The first-order valence-corrected chi connectivity index (χ1v) is 6.35. The van der Waals surface area contributed by atoms with E-state index in [0.717, 1.165) is 0 Å². The van der Waals surface area contributed by atoms with E-state index in [1.807, 2.05) is 0 Å². The molecule has 3 radical (unpaired) electrons. The van der Waals surface area contributed by atoms with Crippen molar-refractivity contribution in [3.63, 3.8) is 0 Å². The van der Waals surface area contributed by atoms with Crippen molar-refractivity contribution in [1.82, 2.24) is 0 Å². The minimum Gasteiger partial charge on any atom is -0.300 e. The van der Waals surface area contributed by atoms with Gasteiger partial charge in [-0.15, -0.1) is 0 Å². The van der Waals surface area contributed by atoms with Gasteiger partial charge >= 0.3 is 0 Å². The van der Waals surface area contributed by atoms with E-state index in [-0.39, 0.29) is 62.4 Å². The van der Waals surface area contributed by atoms with E-state index < -0.39 is 0 Å². The second-order valence-corrected chi connectivity index (χ2v) is 4.74. The highest BCUT2D eigenvalue weighted by molar-refractivity contribution is 5.97. The number of hydrogen-bond acceptors (Lipinski definition) is 6. The summed E-state index contributed by atoms with van der Waals surface area (Å²) in [5, 5.41) is 0. The van der Waals surface area contributed by atoms with Gasteiger partial charge in [0.15, 0.2) is 0 Å². The van der Waals surface area contributed by atoms with Crippen molar-refractivity contribution in [2.45, 2.75) is 60.8 Å². The number of rotatable bonds is 6. The lowest BCUT2D eigenvalue weighted by Gasteiger charge is -1.81. The van der Waals surface area contributed by atoms with E-state index in [1.54, 1.807) is 0 Å². The van der Waals surface area contributed by atoms with E-state index >= 15 is 0 Å². The summed E-state index contributed by atoms with van der Waals surface area (Å²) in [5.74, 6) is -0.375. The van der Waals surface area contributed by atoms with E-state index in [2.05, 4.69) is 0 Å². The average Bonchev–Trinajstić information content (AvgIpc) is 2.10. The summed E-state index contributed by atoms with van der Waals surface area (Å²) in [6, 6.07) is 0. The van der Waals surface area contributed by atoms with Crippen molar-refractivity contribution in [1.29, 1.82) is 0 Å². The lowest BCUT2D eigenvalue weighted by atomic mass is 10.2. The summed E-state index contributed by atoms with van der Waals surface area (Å²) in [6.07, 6.45) is 0.250. The Balaban J connectivity index is -0.000000108. The maximum Gasteiger partial charge on any atom is 0.137 e. The van der Waals surface area contributed by atoms with Gasteiger partial charge in [-0.1, -0.05) is 0 Å². The first-order chi connectivity index (χ1) is 9.38. The molecule has 0 bridgehead atoms. The molecule has 6 nitrogen and oxygen atoms in total. The van der Waals surface area contributed by atoms with Gasteiger partial charge in [0.25, 0.3) is 0 Å². The zero-order chi connectivity index (χ0) is 17.6. The third-order valence-electron chi connectivity index (χ3n) is 1.49. The van der Waals surface area contributed by atoms with Crippen LogP contribution in [0, 0.1) is 0 Å². The summed E-state index contributed by atoms with van der Waals surface area (Å²) in [7, 11) is 0. The summed E-state index contributed by atoms with van der Waals surface area (Å²) >= 11 is 0. The maximum atomic E-state index is 10.0. The average molecular weight is 311 g/mol. The number of hydrogen-bond donors (Lipinski definition) is 0. The molecule has 7 heteroatoms. The number of carbonyl (C=O) groups is 6. The molecule has 22 heavy (non-hydrogen) atoms. The summed E-state index contributed by atoms with van der Waals surface area (Å²) in [6.45, 7) is 8.42. The van der Waals surface area contributed by atoms with Gasteiger partial charge < -0.3 is 0 Å². The monoisotopic (exact) mass is 311 g/mol. The Bertz CT molecular complexity index is 314. The number of ketones is 6. The number of carbonyl (C=O) groups excluding carboxylic acids is 6. The van der Waals surface area contributed by atoms with Crippen molar-refractivity contribution in [3.05, 3.63) is 0 Å². The van der Waals surface area contributed by atoms with Crippen molar-refractivity contribution >= 4 is 43.1 Å². The largest absolute Gasteiger partial charge is 0.300 e.